The van der Waals surface area contributed by atoms with Gasteiger partial charge in [-0.15, -0.1) is 3.63 Å². The highest BCUT2D eigenvalue weighted by atomic mass is 32.3. The molecule has 0 aromatic heterocycles. The highest BCUT2D eigenvalue weighted by molar-refractivity contribution is 7.95. The molecule has 38 heavy (non-hydrogen) atoms. The molecule has 0 saturated carbocycles. The first-order valence-corrected chi connectivity index (χ1v) is 16.8. The molecule has 0 aromatic carbocycles. The van der Waals surface area contributed by atoms with Crippen LogP contribution in [-0.4, -0.2) is 66.1 Å². The minimum absolute atomic E-state index is 0.251. The molecule has 0 aromatic rings. The van der Waals surface area contributed by atoms with E-state index in [2.05, 4.69) is 25.8 Å². The Morgan fingerprint density at radius 2 is 0.974 bits per heavy atom. The van der Waals surface area contributed by atoms with Crippen LogP contribution in [0.3, 0.4) is 0 Å². The standard InChI is InChI=1S/C25H50O11S2/c1-3-5-7-9-11-13-15-17-19-32-22-24(21-26,23-33-20-18-16-14-12-10-8-6-4-2)25(27)34-37(28,29)36-38(30,31)35-25/h26-27H,3-23H2,1-2H3. The van der Waals surface area contributed by atoms with Crippen molar-refractivity contribution in [3.05, 3.63) is 0 Å². The normalized spacial score (nSPS) is 18.5. The molecule has 1 fully saturated rings. The van der Waals surface area contributed by atoms with Gasteiger partial charge in [-0.25, -0.2) is 0 Å². The van der Waals surface area contributed by atoms with E-state index in [1.807, 2.05) is 0 Å². The number of aliphatic hydroxyl groups excluding tert-OH is 1. The van der Waals surface area contributed by atoms with Gasteiger partial charge < -0.3 is 19.7 Å². The average molecular weight is 591 g/mol. The van der Waals surface area contributed by atoms with Crippen molar-refractivity contribution in [1.29, 1.82) is 0 Å². The number of ether oxygens (including phenoxy) is 2. The monoisotopic (exact) mass is 590 g/mol. The van der Waals surface area contributed by atoms with Crippen molar-refractivity contribution < 1.29 is 48.5 Å². The molecule has 11 nitrogen and oxygen atoms in total. The molecule has 2 N–H and O–H groups in total. The van der Waals surface area contributed by atoms with Gasteiger partial charge in [0.1, 0.15) is 5.41 Å². The molecular weight excluding hydrogens is 540 g/mol. The molecule has 1 rings (SSSR count). The number of hydrogen-bond acceptors (Lipinski definition) is 11. The van der Waals surface area contributed by atoms with Crippen LogP contribution in [0.2, 0.25) is 0 Å². The first-order valence-electron chi connectivity index (χ1n) is 14.2. The van der Waals surface area contributed by atoms with Gasteiger partial charge in [-0.1, -0.05) is 104 Å². The summed E-state index contributed by atoms with van der Waals surface area (Å²) in [7, 11) is -10.4. The quantitative estimate of drug-likeness (QED) is 0.153. The van der Waals surface area contributed by atoms with E-state index < -0.39 is 52.0 Å². The summed E-state index contributed by atoms with van der Waals surface area (Å²) in [4.78, 5) is 0. The van der Waals surface area contributed by atoms with E-state index in [1.165, 1.54) is 51.4 Å². The van der Waals surface area contributed by atoms with Gasteiger partial charge in [0.05, 0.1) is 19.8 Å². The lowest BCUT2D eigenvalue weighted by Gasteiger charge is -2.43. The fourth-order valence-electron chi connectivity index (χ4n) is 4.22. The summed E-state index contributed by atoms with van der Waals surface area (Å²) in [5.41, 5.74) is -2.07. The Kier molecular flexibility index (Phi) is 17.7. The second kappa shape index (κ2) is 18.9. The topological polar surface area (TPSA) is 155 Å². The molecule has 0 bridgehead atoms. The van der Waals surface area contributed by atoms with Gasteiger partial charge in [-0.3, -0.25) is 0 Å². The molecule has 0 unspecified atom stereocenters. The smallest absolute Gasteiger partial charge is 0.395 e. The van der Waals surface area contributed by atoms with E-state index in [9.17, 15) is 27.0 Å². The Bertz CT molecular complexity index is 757. The lowest BCUT2D eigenvalue weighted by atomic mass is 9.87. The first-order chi connectivity index (χ1) is 18.1. The zero-order chi connectivity index (χ0) is 28.4. The van der Waals surface area contributed by atoms with Gasteiger partial charge in [0, 0.05) is 13.2 Å². The third-order valence-electron chi connectivity index (χ3n) is 6.61. The van der Waals surface area contributed by atoms with Crippen molar-refractivity contribution in [3.63, 3.8) is 0 Å². The maximum absolute atomic E-state index is 11.9. The van der Waals surface area contributed by atoms with Gasteiger partial charge >= 0.3 is 26.8 Å². The van der Waals surface area contributed by atoms with Crippen LogP contribution in [0, 0.1) is 5.41 Å². The molecule has 1 heterocycles. The van der Waals surface area contributed by atoms with Crippen molar-refractivity contribution in [1.82, 2.24) is 0 Å². The Hall–Kier alpha value is -0.380. The van der Waals surface area contributed by atoms with Crippen molar-refractivity contribution in [2.75, 3.05) is 33.0 Å². The van der Waals surface area contributed by atoms with Crippen molar-refractivity contribution in [3.8, 4) is 0 Å². The van der Waals surface area contributed by atoms with E-state index >= 15 is 0 Å². The predicted molar refractivity (Wildman–Crippen MR) is 142 cm³/mol. The lowest BCUT2D eigenvalue weighted by molar-refractivity contribution is -0.366. The van der Waals surface area contributed by atoms with Gasteiger partial charge in [0.15, 0.2) is 0 Å². The van der Waals surface area contributed by atoms with Crippen LogP contribution >= 0.6 is 0 Å². The molecule has 228 valence electrons. The van der Waals surface area contributed by atoms with E-state index in [0.29, 0.717) is 12.8 Å². The summed E-state index contributed by atoms with van der Waals surface area (Å²) < 4.78 is 71.7. The second-order valence-corrected chi connectivity index (χ2v) is 12.6. The van der Waals surface area contributed by atoms with Crippen LogP contribution < -0.4 is 0 Å². The first kappa shape index (κ1) is 35.6. The molecule has 0 aliphatic carbocycles. The average Bonchev–Trinajstić information content (AvgIpc) is 2.82. The summed E-state index contributed by atoms with van der Waals surface area (Å²) in [6.45, 7) is 2.95. The summed E-state index contributed by atoms with van der Waals surface area (Å²) in [5, 5.41) is 21.1. The van der Waals surface area contributed by atoms with Gasteiger partial charge in [-0.2, -0.15) is 25.2 Å². The third-order valence-corrected chi connectivity index (χ3v) is 8.80. The zero-order valence-corrected chi connectivity index (χ0v) is 24.9. The van der Waals surface area contributed by atoms with Crippen molar-refractivity contribution in [2.45, 2.75) is 123 Å². The second-order valence-electron chi connectivity index (χ2n) is 10.1. The fraction of sp³-hybridized carbons (Fsp3) is 1.00. The number of hydrogen-bond donors (Lipinski definition) is 2. The minimum atomic E-state index is -5.18. The van der Waals surface area contributed by atoms with Crippen LogP contribution in [-0.2, 0) is 42.3 Å². The Balaban J connectivity index is 2.66. The maximum Gasteiger partial charge on any atom is 0.420 e. The summed E-state index contributed by atoms with van der Waals surface area (Å²) in [6.07, 6.45) is 17.3. The van der Waals surface area contributed by atoms with E-state index in [-0.39, 0.29) is 13.2 Å². The number of rotatable bonds is 24. The van der Waals surface area contributed by atoms with Crippen LogP contribution in [0.5, 0.6) is 0 Å². The van der Waals surface area contributed by atoms with Crippen LogP contribution in [0.1, 0.15) is 117 Å². The minimum Gasteiger partial charge on any atom is -0.395 e. The fourth-order valence-corrected chi connectivity index (χ4v) is 6.28. The zero-order valence-electron chi connectivity index (χ0n) is 23.2. The summed E-state index contributed by atoms with van der Waals surface area (Å²) in [6, 6.07) is 0. The number of unbranched alkanes of at least 4 members (excludes halogenated alkanes) is 14. The summed E-state index contributed by atoms with van der Waals surface area (Å²) >= 11 is 0. The van der Waals surface area contributed by atoms with Crippen molar-refractivity contribution >= 4 is 20.8 Å². The molecule has 1 aliphatic heterocycles. The Morgan fingerprint density at radius 3 is 1.32 bits per heavy atom. The molecular formula is C25H50O11S2. The van der Waals surface area contributed by atoms with Crippen LogP contribution in [0.4, 0.5) is 0 Å². The van der Waals surface area contributed by atoms with E-state index in [1.54, 1.807) is 0 Å². The largest absolute Gasteiger partial charge is 0.420 e. The summed E-state index contributed by atoms with van der Waals surface area (Å²) in [5.74, 6) is -3.31. The molecule has 1 aliphatic rings. The van der Waals surface area contributed by atoms with Gasteiger partial charge in [0.2, 0.25) is 0 Å². The maximum atomic E-state index is 11.9. The van der Waals surface area contributed by atoms with Crippen molar-refractivity contribution in [2.24, 2.45) is 5.41 Å². The SMILES string of the molecule is CCCCCCCCCCOCC(CO)(COCCCCCCCCCC)C1(O)OS(=O)(=O)OS(=O)(=O)O1. The molecule has 0 radical (unpaired) electrons. The number of aliphatic hydroxyl groups is 2. The lowest BCUT2D eigenvalue weighted by Crippen LogP contribution is -2.63. The van der Waals surface area contributed by atoms with Crippen LogP contribution in [0.15, 0.2) is 0 Å². The third kappa shape index (κ3) is 13.8. The highest BCUT2D eigenvalue weighted by Crippen LogP contribution is 2.41. The predicted octanol–water partition coefficient (Wildman–Crippen LogP) is 4.48. The highest BCUT2D eigenvalue weighted by Gasteiger charge is 2.63. The van der Waals surface area contributed by atoms with E-state index in [0.717, 1.165) is 38.5 Å². The molecule has 0 amide bonds. The molecule has 1 saturated heterocycles. The van der Waals surface area contributed by atoms with E-state index in [4.69, 9.17) is 9.47 Å². The molecule has 13 heteroatoms. The molecule has 0 atom stereocenters. The van der Waals surface area contributed by atoms with Gasteiger partial charge in [-0.05, 0) is 12.8 Å². The Labute approximate surface area is 230 Å². The van der Waals surface area contributed by atoms with Crippen LogP contribution in [0.25, 0.3) is 0 Å². The molecule has 0 spiro atoms. The Morgan fingerprint density at radius 1 is 0.632 bits per heavy atom. The van der Waals surface area contributed by atoms with Gasteiger partial charge in [0.25, 0.3) is 0 Å².